The Labute approximate surface area is 109 Å². The van der Waals surface area contributed by atoms with E-state index in [1.165, 1.54) is 0 Å². The molecular formula is C11H11NO6S. The topological polar surface area (TPSA) is 124 Å². The normalized spacial score (nSPS) is 10.5. The van der Waals surface area contributed by atoms with Crippen LogP contribution >= 0.6 is 0 Å². The van der Waals surface area contributed by atoms with Gasteiger partial charge in [0.15, 0.2) is 0 Å². The van der Waals surface area contributed by atoms with Crippen LogP contribution in [0.1, 0.15) is 10.4 Å². The number of rotatable bonds is 1. The lowest BCUT2D eigenvalue weighted by molar-refractivity contribution is 0.0708. The zero-order valence-electron chi connectivity index (χ0n) is 9.52. The Morgan fingerprint density at radius 1 is 1.00 bits per heavy atom. The van der Waals surface area contributed by atoms with Crippen LogP contribution in [0.4, 0.5) is 0 Å². The molecule has 1 amide bonds. The summed E-state index contributed by atoms with van der Waals surface area (Å²) in [4.78, 5) is 11.3. The summed E-state index contributed by atoms with van der Waals surface area (Å²) in [7, 11) is -4.67. The number of nitrogens with one attached hydrogen (secondary N) is 1. The SMILES string of the molecule is O=C(NO)c1cccc2ccccc12.O=S(=O)(O)O. The monoisotopic (exact) mass is 285 g/mol. The van der Waals surface area contributed by atoms with Crippen molar-refractivity contribution in [3.05, 3.63) is 48.0 Å². The smallest absolute Gasteiger partial charge is 0.288 e. The summed E-state index contributed by atoms with van der Waals surface area (Å²) in [6.07, 6.45) is 0. The molecule has 0 aliphatic carbocycles. The highest BCUT2D eigenvalue weighted by atomic mass is 32.3. The van der Waals surface area contributed by atoms with Gasteiger partial charge in [-0.05, 0) is 16.8 Å². The molecule has 0 radical (unpaired) electrons. The molecule has 2 rings (SSSR count). The van der Waals surface area contributed by atoms with Gasteiger partial charge in [0.05, 0.1) is 0 Å². The fourth-order valence-electron chi connectivity index (χ4n) is 1.48. The Bertz CT molecular complexity index is 669. The van der Waals surface area contributed by atoms with Crippen molar-refractivity contribution in [3.63, 3.8) is 0 Å². The molecule has 0 aromatic heterocycles. The number of fused-ring (bicyclic) bond motifs is 1. The molecule has 19 heavy (non-hydrogen) atoms. The van der Waals surface area contributed by atoms with E-state index in [0.717, 1.165) is 10.8 Å². The van der Waals surface area contributed by atoms with Crippen molar-refractivity contribution in [1.82, 2.24) is 5.48 Å². The quantitative estimate of drug-likeness (QED) is 0.356. The minimum Gasteiger partial charge on any atom is -0.288 e. The third-order valence-corrected chi connectivity index (χ3v) is 2.14. The summed E-state index contributed by atoms with van der Waals surface area (Å²) in [6.45, 7) is 0. The lowest BCUT2D eigenvalue weighted by atomic mass is 10.0. The first-order valence-electron chi connectivity index (χ1n) is 4.95. The van der Waals surface area contributed by atoms with Crippen LogP contribution in [0.5, 0.6) is 0 Å². The van der Waals surface area contributed by atoms with Crippen molar-refractivity contribution in [2.24, 2.45) is 0 Å². The van der Waals surface area contributed by atoms with Crippen molar-refractivity contribution in [3.8, 4) is 0 Å². The van der Waals surface area contributed by atoms with E-state index < -0.39 is 16.3 Å². The minimum atomic E-state index is -4.67. The lowest BCUT2D eigenvalue weighted by Gasteiger charge is -2.03. The van der Waals surface area contributed by atoms with Crippen LogP contribution in [0.3, 0.4) is 0 Å². The van der Waals surface area contributed by atoms with Gasteiger partial charge in [-0.3, -0.25) is 19.1 Å². The average molecular weight is 285 g/mol. The molecule has 4 N–H and O–H groups in total. The Morgan fingerprint density at radius 3 is 2.11 bits per heavy atom. The molecule has 2 aromatic rings. The van der Waals surface area contributed by atoms with Crippen LogP contribution < -0.4 is 5.48 Å². The van der Waals surface area contributed by atoms with Gasteiger partial charge in [-0.2, -0.15) is 8.42 Å². The molecule has 0 aliphatic heterocycles. The Kier molecular flexibility index (Phi) is 4.95. The number of carbonyl (C=O) groups is 1. The third kappa shape index (κ3) is 5.02. The summed E-state index contributed by atoms with van der Waals surface area (Å²) >= 11 is 0. The molecule has 0 atom stereocenters. The van der Waals surface area contributed by atoms with Crippen molar-refractivity contribution < 1.29 is 27.5 Å². The zero-order valence-corrected chi connectivity index (χ0v) is 10.3. The molecule has 0 saturated heterocycles. The van der Waals surface area contributed by atoms with E-state index in [0.29, 0.717) is 5.56 Å². The molecule has 8 heteroatoms. The highest BCUT2D eigenvalue weighted by Gasteiger charge is 2.07. The van der Waals surface area contributed by atoms with Gasteiger partial charge in [-0.1, -0.05) is 36.4 Å². The fraction of sp³-hybridized carbons (Fsp3) is 0. The molecule has 2 aromatic carbocycles. The van der Waals surface area contributed by atoms with Crippen molar-refractivity contribution in [2.75, 3.05) is 0 Å². The number of benzene rings is 2. The van der Waals surface area contributed by atoms with Gasteiger partial charge in [0.2, 0.25) is 0 Å². The van der Waals surface area contributed by atoms with Gasteiger partial charge >= 0.3 is 10.4 Å². The van der Waals surface area contributed by atoms with E-state index in [4.69, 9.17) is 22.7 Å². The maximum absolute atomic E-state index is 11.3. The standard InChI is InChI=1S/C11H9NO2.H2O4S/c13-11(12-14)10-7-3-5-8-4-1-2-6-9(8)10;1-5(2,3)4/h1-7,14H,(H,12,13);(H2,1,2,3,4). The summed E-state index contributed by atoms with van der Waals surface area (Å²) in [5.74, 6) is -0.484. The zero-order chi connectivity index (χ0) is 14.5. The Hall–Kier alpha value is -2.00. The molecule has 0 saturated carbocycles. The number of amides is 1. The summed E-state index contributed by atoms with van der Waals surface area (Å²) in [5.41, 5.74) is 2.11. The van der Waals surface area contributed by atoms with E-state index in [-0.39, 0.29) is 0 Å². The van der Waals surface area contributed by atoms with E-state index in [1.807, 2.05) is 30.3 Å². The molecule has 0 bridgehead atoms. The van der Waals surface area contributed by atoms with Crippen molar-refractivity contribution in [2.45, 2.75) is 0 Å². The van der Waals surface area contributed by atoms with Crippen LogP contribution in [0.2, 0.25) is 0 Å². The molecule has 0 unspecified atom stereocenters. The van der Waals surface area contributed by atoms with Crippen LogP contribution in [0.15, 0.2) is 42.5 Å². The maximum atomic E-state index is 11.3. The molecule has 7 nitrogen and oxygen atoms in total. The van der Waals surface area contributed by atoms with Crippen molar-refractivity contribution in [1.29, 1.82) is 0 Å². The fourth-order valence-corrected chi connectivity index (χ4v) is 1.48. The first-order chi connectivity index (χ1) is 8.83. The highest BCUT2D eigenvalue weighted by molar-refractivity contribution is 7.79. The van der Waals surface area contributed by atoms with Gasteiger partial charge in [-0.15, -0.1) is 0 Å². The Morgan fingerprint density at radius 2 is 1.53 bits per heavy atom. The molecule has 0 spiro atoms. The molecule has 102 valence electrons. The van der Waals surface area contributed by atoms with E-state index in [2.05, 4.69) is 0 Å². The predicted octanol–water partition coefficient (Wildman–Crippen LogP) is 1.31. The number of hydrogen-bond acceptors (Lipinski definition) is 4. The van der Waals surface area contributed by atoms with Crippen LogP contribution in [-0.2, 0) is 10.4 Å². The molecular weight excluding hydrogens is 274 g/mol. The van der Waals surface area contributed by atoms with Crippen LogP contribution in [-0.4, -0.2) is 28.6 Å². The number of hydrogen-bond donors (Lipinski definition) is 4. The molecule has 0 aliphatic rings. The second-order valence-electron chi connectivity index (χ2n) is 3.42. The molecule has 0 fully saturated rings. The third-order valence-electron chi connectivity index (χ3n) is 2.14. The summed E-state index contributed by atoms with van der Waals surface area (Å²) < 4.78 is 31.6. The Balaban J connectivity index is 0.000000312. The predicted molar refractivity (Wildman–Crippen MR) is 67.4 cm³/mol. The first kappa shape index (κ1) is 15.1. The summed E-state index contributed by atoms with van der Waals surface area (Å²) in [5, 5.41) is 10.4. The second-order valence-corrected chi connectivity index (χ2v) is 4.31. The van der Waals surface area contributed by atoms with Crippen molar-refractivity contribution >= 4 is 27.1 Å². The van der Waals surface area contributed by atoms with Crippen LogP contribution in [0, 0.1) is 0 Å². The number of hydroxylamine groups is 1. The van der Waals surface area contributed by atoms with E-state index in [9.17, 15) is 4.79 Å². The van der Waals surface area contributed by atoms with Gasteiger partial charge in [-0.25, -0.2) is 5.48 Å². The highest BCUT2D eigenvalue weighted by Crippen LogP contribution is 2.17. The maximum Gasteiger partial charge on any atom is 0.394 e. The average Bonchev–Trinajstić information content (AvgIpc) is 2.35. The van der Waals surface area contributed by atoms with Gasteiger partial charge in [0.25, 0.3) is 5.91 Å². The van der Waals surface area contributed by atoms with E-state index in [1.54, 1.807) is 17.6 Å². The minimum absolute atomic E-state index is 0.477. The molecule has 0 heterocycles. The van der Waals surface area contributed by atoms with Gasteiger partial charge in [0.1, 0.15) is 0 Å². The van der Waals surface area contributed by atoms with Gasteiger partial charge in [0, 0.05) is 5.56 Å². The number of carbonyl (C=O) groups excluding carboxylic acids is 1. The van der Waals surface area contributed by atoms with E-state index >= 15 is 0 Å². The first-order valence-corrected chi connectivity index (χ1v) is 6.34. The van der Waals surface area contributed by atoms with Crippen LogP contribution in [0.25, 0.3) is 10.8 Å². The second kappa shape index (κ2) is 6.25. The summed E-state index contributed by atoms with van der Waals surface area (Å²) in [6, 6.07) is 12.9. The lowest BCUT2D eigenvalue weighted by Crippen LogP contribution is -2.18. The largest absolute Gasteiger partial charge is 0.394 e. The van der Waals surface area contributed by atoms with Gasteiger partial charge < -0.3 is 0 Å².